The van der Waals surface area contributed by atoms with E-state index in [1.54, 1.807) is 11.4 Å². The molecule has 3 rings (SSSR count). The van der Waals surface area contributed by atoms with Crippen LogP contribution in [0.5, 0.6) is 0 Å². The van der Waals surface area contributed by atoms with E-state index in [2.05, 4.69) is 20.9 Å². The van der Waals surface area contributed by atoms with Crippen molar-refractivity contribution in [3.8, 4) is 0 Å². The van der Waals surface area contributed by atoms with Gasteiger partial charge in [0.05, 0.1) is 12.1 Å². The fourth-order valence-electron chi connectivity index (χ4n) is 2.95. The number of nitrogens with one attached hydrogen (secondary N) is 3. The average Bonchev–Trinajstić information content (AvgIpc) is 3.02. The van der Waals surface area contributed by atoms with Gasteiger partial charge in [-0.15, -0.1) is 11.3 Å². The van der Waals surface area contributed by atoms with Gasteiger partial charge in [0, 0.05) is 17.1 Å². The first-order chi connectivity index (χ1) is 12.6. The Kier molecular flexibility index (Phi) is 6.17. The van der Waals surface area contributed by atoms with Gasteiger partial charge in [0.15, 0.2) is 5.13 Å². The molecule has 1 fully saturated rings. The van der Waals surface area contributed by atoms with Crippen molar-refractivity contribution in [2.75, 3.05) is 10.6 Å². The fraction of sp³-hybridized carbons (Fsp3) is 0.389. The van der Waals surface area contributed by atoms with Gasteiger partial charge in [-0.25, -0.2) is 14.2 Å². The quantitative estimate of drug-likeness (QED) is 0.740. The third-order valence-corrected chi connectivity index (χ3v) is 4.97. The molecule has 1 aromatic heterocycles. The lowest BCUT2D eigenvalue weighted by Crippen LogP contribution is -2.39. The second kappa shape index (κ2) is 8.75. The molecular formula is C18H21FN4O2S. The molecular weight excluding hydrogens is 355 g/mol. The van der Waals surface area contributed by atoms with Gasteiger partial charge in [-0.2, -0.15) is 0 Å². The average molecular weight is 376 g/mol. The minimum atomic E-state index is -0.410. The van der Waals surface area contributed by atoms with E-state index in [0.717, 1.165) is 25.7 Å². The summed E-state index contributed by atoms with van der Waals surface area (Å²) < 4.78 is 13.1. The number of hydrogen-bond acceptors (Lipinski definition) is 4. The van der Waals surface area contributed by atoms with E-state index in [9.17, 15) is 14.0 Å². The molecule has 1 saturated carbocycles. The van der Waals surface area contributed by atoms with Crippen LogP contribution in [0, 0.1) is 5.82 Å². The van der Waals surface area contributed by atoms with Crippen molar-refractivity contribution < 1.29 is 14.0 Å². The van der Waals surface area contributed by atoms with Crippen LogP contribution >= 0.6 is 11.3 Å². The molecule has 1 aliphatic rings. The lowest BCUT2D eigenvalue weighted by molar-refractivity contribution is -0.115. The number of benzene rings is 1. The molecule has 0 unspecified atom stereocenters. The maximum atomic E-state index is 13.1. The van der Waals surface area contributed by atoms with Gasteiger partial charge in [-0.3, -0.25) is 10.1 Å². The normalized spacial score (nSPS) is 14.7. The summed E-state index contributed by atoms with van der Waals surface area (Å²) in [6, 6.07) is 5.67. The fourth-order valence-corrected chi connectivity index (χ4v) is 3.65. The summed E-state index contributed by atoms with van der Waals surface area (Å²) in [5.74, 6) is -0.703. The van der Waals surface area contributed by atoms with E-state index in [1.165, 1.54) is 36.0 Å². The first-order valence-corrected chi connectivity index (χ1v) is 9.54. The van der Waals surface area contributed by atoms with Crippen LogP contribution in [0.1, 0.15) is 37.8 Å². The Bertz CT molecular complexity index is 774. The highest BCUT2D eigenvalue weighted by Gasteiger charge is 2.16. The SMILES string of the molecule is O=C(Cc1csc(NC(=O)NC2CCCCC2)n1)Nc1cccc(F)c1. The predicted molar refractivity (Wildman–Crippen MR) is 99.9 cm³/mol. The maximum absolute atomic E-state index is 13.1. The lowest BCUT2D eigenvalue weighted by Gasteiger charge is -2.22. The van der Waals surface area contributed by atoms with Gasteiger partial charge in [-0.1, -0.05) is 25.3 Å². The molecule has 0 spiro atoms. The van der Waals surface area contributed by atoms with Crippen molar-refractivity contribution in [1.82, 2.24) is 10.3 Å². The van der Waals surface area contributed by atoms with E-state index in [4.69, 9.17) is 0 Å². The Morgan fingerprint density at radius 2 is 2.00 bits per heavy atom. The smallest absolute Gasteiger partial charge is 0.321 e. The predicted octanol–water partition coefficient (Wildman–Crippen LogP) is 3.92. The molecule has 6 nitrogen and oxygen atoms in total. The number of carbonyl (C=O) groups is 2. The maximum Gasteiger partial charge on any atom is 0.321 e. The lowest BCUT2D eigenvalue weighted by atomic mass is 9.96. The number of carbonyl (C=O) groups excluding carboxylic acids is 2. The first kappa shape index (κ1) is 18.3. The van der Waals surface area contributed by atoms with Gasteiger partial charge >= 0.3 is 6.03 Å². The molecule has 3 amide bonds. The summed E-state index contributed by atoms with van der Waals surface area (Å²) in [5.41, 5.74) is 0.951. The van der Waals surface area contributed by atoms with E-state index in [-0.39, 0.29) is 24.4 Å². The largest absolute Gasteiger partial charge is 0.335 e. The van der Waals surface area contributed by atoms with E-state index in [1.807, 2.05) is 0 Å². The van der Waals surface area contributed by atoms with Crippen LogP contribution in [0.2, 0.25) is 0 Å². The van der Waals surface area contributed by atoms with Gasteiger partial charge in [0.2, 0.25) is 5.91 Å². The monoisotopic (exact) mass is 376 g/mol. The standard InChI is InChI=1S/C18H21FN4O2S/c19-12-5-4-8-14(9-12)20-16(24)10-15-11-26-18(22-15)23-17(25)21-13-6-2-1-3-7-13/h4-5,8-9,11,13H,1-3,6-7,10H2,(H,20,24)(H2,21,22,23,25). The Hall–Kier alpha value is -2.48. The van der Waals surface area contributed by atoms with Crippen molar-refractivity contribution in [1.29, 1.82) is 0 Å². The second-order valence-electron chi connectivity index (χ2n) is 6.31. The van der Waals surface area contributed by atoms with Crippen LogP contribution in [0.15, 0.2) is 29.6 Å². The molecule has 0 radical (unpaired) electrons. The third kappa shape index (κ3) is 5.52. The summed E-state index contributed by atoms with van der Waals surface area (Å²) in [6.07, 6.45) is 5.60. The number of amides is 3. The topological polar surface area (TPSA) is 83.1 Å². The summed E-state index contributed by atoms with van der Waals surface area (Å²) in [6.45, 7) is 0. The molecule has 8 heteroatoms. The van der Waals surface area contributed by atoms with Gasteiger partial charge in [-0.05, 0) is 31.0 Å². The number of nitrogens with zero attached hydrogens (tertiary/aromatic N) is 1. The number of anilines is 2. The number of rotatable bonds is 5. The van der Waals surface area contributed by atoms with Crippen molar-refractivity contribution in [3.63, 3.8) is 0 Å². The highest BCUT2D eigenvalue weighted by Crippen LogP contribution is 2.19. The van der Waals surface area contributed by atoms with Crippen LogP contribution in [0.3, 0.4) is 0 Å². The van der Waals surface area contributed by atoms with Crippen molar-refractivity contribution in [3.05, 3.63) is 41.2 Å². The Balaban J connectivity index is 1.47. The number of aromatic nitrogens is 1. The minimum absolute atomic E-state index is 0.0545. The summed E-state index contributed by atoms with van der Waals surface area (Å²) >= 11 is 1.27. The third-order valence-electron chi connectivity index (χ3n) is 4.16. The van der Waals surface area contributed by atoms with Gasteiger partial charge < -0.3 is 10.6 Å². The molecule has 1 aromatic carbocycles. The van der Waals surface area contributed by atoms with Crippen LogP contribution in [-0.4, -0.2) is 23.0 Å². The highest BCUT2D eigenvalue weighted by molar-refractivity contribution is 7.13. The summed E-state index contributed by atoms with van der Waals surface area (Å²) in [4.78, 5) is 28.3. The Labute approximate surface area is 155 Å². The number of hydrogen-bond donors (Lipinski definition) is 3. The second-order valence-corrected chi connectivity index (χ2v) is 7.17. The molecule has 26 heavy (non-hydrogen) atoms. The van der Waals surface area contributed by atoms with Gasteiger partial charge in [0.25, 0.3) is 0 Å². The zero-order valence-electron chi connectivity index (χ0n) is 14.3. The van der Waals surface area contributed by atoms with Crippen LogP contribution in [0.4, 0.5) is 20.0 Å². The van der Waals surface area contributed by atoms with Crippen LogP contribution in [0.25, 0.3) is 0 Å². The molecule has 138 valence electrons. The molecule has 3 N–H and O–H groups in total. The van der Waals surface area contributed by atoms with Gasteiger partial charge in [0.1, 0.15) is 5.82 Å². The number of thiazole rings is 1. The van der Waals surface area contributed by atoms with E-state index < -0.39 is 5.82 Å². The molecule has 2 aromatic rings. The first-order valence-electron chi connectivity index (χ1n) is 8.66. The molecule has 0 atom stereocenters. The Morgan fingerprint density at radius 1 is 1.19 bits per heavy atom. The Morgan fingerprint density at radius 3 is 2.77 bits per heavy atom. The minimum Gasteiger partial charge on any atom is -0.335 e. The van der Waals surface area contributed by atoms with Crippen LogP contribution in [-0.2, 0) is 11.2 Å². The van der Waals surface area contributed by atoms with Crippen molar-refractivity contribution in [2.24, 2.45) is 0 Å². The number of halogens is 1. The van der Waals surface area contributed by atoms with Crippen molar-refractivity contribution >= 4 is 34.1 Å². The summed E-state index contributed by atoms with van der Waals surface area (Å²) in [7, 11) is 0. The van der Waals surface area contributed by atoms with E-state index >= 15 is 0 Å². The van der Waals surface area contributed by atoms with Crippen molar-refractivity contribution in [2.45, 2.75) is 44.6 Å². The number of urea groups is 1. The van der Waals surface area contributed by atoms with Crippen LogP contribution < -0.4 is 16.0 Å². The highest BCUT2D eigenvalue weighted by atomic mass is 32.1. The molecule has 1 heterocycles. The molecule has 0 aliphatic heterocycles. The molecule has 0 saturated heterocycles. The molecule has 1 aliphatic carbocycles. The molecule has 0 bridgehead atoms. The van der Waals surface area contributed by atoms with E-state index in [0.29, 0.717) is 16.5 Å². The zero-order chi connectivity index (χ0) is 18.4. The summed E-state index contributed by atoms with van der Waals surface area (Å²) in [5, 5.41) is 10.5. The zero-order valence-corrected chi connectivity index (χ0v) is 15.1.